The lowest BCUT2D eigenvalue weighted by molar-refractivity contribution is -0.143. The molecule has 0 aliphatic carbocycles. The van der Waals surface area contributed by atoms with Crippen molar-refractivity contribution in [3.05, 3.63) is 36.0 Å². The summed E-state index contributed by atoms with van der Waals surface area (Å²) < 4.78 is 9.72. The zero-order chi connectivity index (χ0) is 25.0. The van der Waals surface area contributed by atoms with Crippen LogP contribution in [0.25, 0.3) is 10.9 Å². The van der Waals surface area contributed by atoms with Crippen LogP contribution in [0.15, 0.2) is 30.5 Å². The molecule has 0 fully saturated rings. The number of unbranched alkanes of at least 4 members (excludes halogenated alkanes) is 1. The number of aromatic nitrogens is 1. The standard InChI is InChI=1S/C12H24N2O4.C11H12N2O2/c1-12(2,3)18-11(16)14-9(10(15)17-4)7-5-6-8-13;12-9(11(14)15)5-7-6-13-10-4-2-1-3-8(7)10/h9H,5-8,13H2,1-4H3,(H,14,16);1-4,6,9,13H,5,12H2,(H,14,15). The van der Waals surface area contributed by atoms with Gasteiger partial charge in [-0.1, -0.05) is 18.2 Å². The summed E-state index contributed by atoms with van der Waals surface area (Å²) in [6, 6.07) is 6.23. The monoisotopic (exact) mass is 464 g/mol. The topological polar surface area (TPSA) is 170 Å². The molecular weight excluding hydrogens is 428 g/mol. The highest BCUT2D eigenvalue weighted by Gasteiger charge is 2.24. The SMILES string of the molecule is COC(=O)C(CCCCN)NC(=O)OC(C)(C)C.NC(Cc1c[nH]c2ccccc12)C(=O)O. The predicted octanol–water partition coefficient (Wildman–Crippen LogP) is 2.30. The quantitative estimate of drug-likeness (QED) is 0.278. The van der Waals surface area contributed by atoms with Crippen molar-refractivity contribution in [2.24, 2.45) is 11.5 Å². The van der Waals surface area contributed by atoms with Gasteiger partial charge < -0.3 is 36.3 Å². The van der Waals surface area contributed by atoms with E-state index in [0.29, 0.717) is 19.4 Å². The van der Waals surface area contributed by atoms with Crippen molar-refractivity contribution in [1.29, 1.82) is 0 Å². The Bertz CT molecular complexity index is 906. The van der Waals surface area contributed by atoms with E-state index in [1.807, 2.05) is 30.5 Å². The van der Waals surface area contributed by atoms with E-state index in [0.717, 1.165) is 29.3 Å². The van der Waals surface area contributed by atoms with Gasteiger partial charge in [0.2, 0.25) is 0 Å². The number of para-hydroxylation sites is 1. The van der Waals surface area contributed by atoms with Crippen LogP contribution in [0.3, 0.4) is 0 Å². The summed E-state index contributed by atoms with van der Waals surface area (Å²) in [5.74, 6) is -1.45. The average molecular weight is 465 g/mol. The van der Waals surface area contributed by atoms with Crippen LogP contribution in [0.5, 0.6) is 0 Å². The Labute approximate surface area is 194 Å². The molecule has 1 aromatic carbocycles. The van der Waals surface area contributed by atoms with Crippen molar-refractivity contribution in [3.8, 4) is 0 Å². The lowest BCUT2D eigenvalue weighted by Crippen LogP contribution is -2.44. The normalized spacial score (nSPS) is 12.8. The summed E-state index contributed by atoms with van der Waals surface area (Å²) in [6.07, 6.45) is 3.57. The number of nitrogens with one attached hydrogen (secondary N) is 2. The molecular formula is C23H36N4O6. The Hall–Kier alpha value is -3.11. The molecule has 0 radical (unpaired) electrons. The zero-order valence-electron chi connectivity index (χ0n) is 19.7. The first-order valence-electron chi connectivity index (χ1n) is 10.8. The first kappa shape index (κ1) is 27.9. The van der Waals surface area contributed by atoms with Crippen molar-refractivity contribution < 1.29 is 29.0 Å². The second-order valence-corrected chi connectivity index (χ2v) is 8.51. The average Bonchev–Trinajstić information content (AvgIpc) is 3.14. The first-order chi connectivity index (χ1) is 15.5. The maximum Gasteiger partial charge on any atom is 0.408 e. The number of hydrogen-bond acceptors (Lipinski definition) is 7. The Morgan fingerprint density at radius 1 is 1.18 bits per heavy atom. The molecule has 0 spiro atoms. The fourth-order valence-electron chi connectivity index (χ4n) is 2.96. The Morgan fingerprint density at radius 2 is 1.85 bits per heavy atom. The number of amides is 1. The molecule has 0 aliphatic heterocycles. The van der Waals surface area contributed by atoms with Gasteiger partial charge in [0.1, 0.15) is 17.7 Å². The van der Waals surface area contributed by atoms with E-state index < -0.39 is 35.7 Å². The van der Waals surface area contributed by atoms with Gasteiger partial charge in [-0.2, -0.15) is 0 Å². The maximum absolute atomic E-state index is 11.6. The summed E-state index contributed by atoms with van der Waals surface area (Å²) in [5.41, 5.74) is 12.2. The highest BCUT2D eigenvalue weighted by atomic mass is 16.6. The number of alkyl carbamates (subject to hydrolysis) is 1. The maximum atomic E-state index is 11.6. The lowest BCUT2D eigenvalue weighted by Gasteiger charge is -2.22. The number of nitrogens with two attached hydrogens (primary N) is 2. The molecule has 2 atom stereocenters. The fourth-order valence-corrected chi connectivity index (χ4v) is 2.96. The van der Waals surface area contributed by atoms with Gasteiger partial charge in [0.25, 0.3) is 0 Å². The number of methoxy groups -OCH3 is 1. The van der Waals surface area contributed by atoms with Crippen LogP contribution in [0.4, 0.5) is 4.79 Å². The van der Waals surface area contributed by atoms with Gasteiger partial charge in [-0.25, -0.2) is 9.59 Å². The van der Waals surface area contributed by atoms with Crippen LogP contribution in [0, 0.1) is 0 Å². The lowest BCUT2D eigenvalue weighted by atomic mass is 10.1. The van der Waals surface area contributed by atoms with Gasteiger partial charge in [0, 0.05) is 23.5 Å². The molecule has 0 aliphatic rings. The Kier molecular flexibility index (Phi) is 11.4. The number of ether oxygens (including phenoxy) is 2. The summed E-state index contributed by atoms with van der Waals surface area (Å²) in [4.78, 5) is 36.8. The third-order valence-corrected chi connectivity index (χ3v) is 4.56. The van der Waals surface area contributed by atoms with Crippen molar-refractivity contribution in [2.45, 2.75) is 64.1 Å². The van der Waals surface area contributed by atoms with Crippen LogP contribution in [0.1, 0.15) is 45.6 Å². The number of carbonyl (C=O) groups is 3. The number of aliphatic carboxylic acids is 1. The number of rotatable bonds is 9. The van der Waals surface area contributed by atoms with Crippen LogP contribution < -0.4 is 16.8 Å². The minimum Gasteiger partial charge on any atom is -0.480 e. The van der Waals surface area contributed by atoms with E-state index in [-0.39, 0.29) is 0 Å². The number of fused-ring (bicyclic) bond motifs is 1. The van der Waals surface area contributed by atoms with Crippen LogP contribution in [0.2, 0.25) is 0 Å². The van der Waals surface area contributed by atoms with E-state index in [2.05, 4.69) is 15.0 Å². The molecule has 10 heteroatoms. The molecule has 2 unspecified atom stereocenters. The van der Waals surface area contributed by atoms with Gasteiger partial charge in [0.15, 0.2) is 0 Å². The smallest absolute Gasteiger partial charge is 0.408 e. The number of hydrogen-bond donors (Lipinski definition) is 5. The Balaban J connectivity index is 0.000000334. The van der Waals surface area contributed by atoms with Crippen molar-refractivity contribution in [2.75, 3.05) is 13.7 Å². The molecule has 7 N–H and O–H groups in total. The molecule has 1 aromatic heterocycles. The van der Waals surface area contributed by atoms with Crippen LogP contribution in [-0.4, -0.2) is 59.5 Å². The third-order valence-electron chi connectivity index (χ3n) is 4.56. The number of aromatic amines is 1. The molecule has 10 nitrogen and oxygen atoms in total. The third kappa shape index (κ3) is 10.4. The summed E-state index contributed by atoms with van der Waals surface area (Å²) in [7, 11) is 1.29. The molecule has 33 heavy (non-hydrogen) atoms. The number of benzene rings is 1. The van der Waals surface area contributed by atoms with E-state index >= 15 is 0 Å². The van der Waals surface area contributed by atoms with E-state index in [9.17, 15) is 14.4 Å². The highest BCUT2D eigenvalue weighted by molar-refractivity contribution is 5.84. The summed E-state index contributed by atoms with van der Waals surface area (Å²) >= 11 is 0. The van der Waals surface area contributed by atoms with Crippen molar-refractivity contribution in [3.63, 3.8) is 0 Å². The zero-order valence-corrected chi connectivity index (χ0v) is 19.7. The molecule has 0 bridgehead atoms. The first-order valence-corrected chi connectivity index (χ1v) is 10.8. The van der Waals surface area contributed by atoms with E-state index in [1.165, 1.54) is 7.11 Å². The predicted molar refractivity (Wildman–Crippen MR) is 126 cm³/mol. The van der Waals surface area contributed by atoms with Crippen LogP contribution >= 0.6 is 0 Å². The highest BCUT2D eigenvalue weighted by Crippen LogP contribution is 2.18. The van der Waals surface area contributed by atoms with E-state index in [4.69, 9.17) is 21.3 Å². The number of carboxylic acids is 1. The number of carboxylic acid groups (broad SMARTS) is 1. The van der Waals surface area contributed by atoms with Gasteiger partial charge in [-0.05, 0) is 58.2 Å². The molecule has 0 saturated heterocycles. The summed E-state index contributed by atoms with van der Waals surface area (Å²) in [6.45, 7) is 5.83. The summed E-state index contributed by atoms with van der Waals surface area (Å²) in [5, 5.41) is 12.3. The van der Waals surface area contributed by atoms with Crippen molar-refractivity contribution in [1.82, 2.24) is 10.3 Å². The molecule has 2 aromatic rings. The Morgan fingerprint density at radius 3 is 2.42 bits per heavy atom. The number of H-pyrrole nitrogens is 1. The van der Waals surface area contributed by atoms with Crippen LogP contribution in [-0.2, 0) is 25.5 Å². The molecule has 184 valence electrons. The largest absolute Gasteiger partial charge is 0.480 e. The van der Waals surface area contributed by atoms with Crippen molar-refractivity contribution >= 4 is 28.9 Å². The fraction of sp³-hybridized carbons (Fsp3) is 0.522. The van der Waals surface area contributed by atoms with Gasteiger partial charge in [-0.3, -0.25) is 4.79 Å². The molecule has 1 amide bonds. The number of esters is 1. The number of carbonyl (C=O) groups excluding carboxylic acids is 2. The molecule has 0 saturated carbocycles. The minimum atomic E-state index is -0.972. The van der Waals surface area contributed by atoms with Gasteiger partial charge in [-0.15, -0.1) is 0 Å². The van der Waals surface area contributed by atoms with Gasteiger partial charge in [0.05, 0.1) is 7.11 Å². The minimum absolute atomic E-state index is 0.347. The van der Waals surface area contributed by atoms with Gasteiger partial charge >= 0.3 is 18.0 Å². The second kappa shape index (κ2) is 13.4. The molecule has 1 heterocycles. The molecule has 2 rings (SSSR count). The second-order valence-electron chi connectivity index (χ2n) is 8.51. The van der Waals surface area contributed by atoms with E-state index in [1.54, 1.807) is 20.8 Å².